The standard InChI is InChI=1S/C19H24N2/c1-4-15(3)21(19-12-10-18(20)11-13-19)14-17-8-6-16(5-2)7-9-17/h5-13,15H,2,4,14,20H2,1,3H3. The van der Waals surface area contributed by atoms with E-state index < -0.39 is 0 Å². The minimum absolute atomic E-state index is 0.479. The maximum absolute atomic E-state index is 5.79. The number of nitrogen functional groups attached to an aromatic ring is 1. The van der Waals surface area contributed by atoms with Gasteiger partial charge in [-0.2, -0.15) is 0 Å². The monoisotopic (exact) mass is 280 g/mol. The van der Waals surface area contributed by atoms with Gasteiger partial charge in [0.05, 0.1) is 0 Å². The molecule has 2 heteroatoms. The number of rotatable bonds is 6. The Morgan fingerprint density at radius 3 is 2.24 bits per heavy atom. The van der Waals surface area contributed by atoms with E-state index in [0.717, 1.165) is 24.2 Å². The van der Waals surface area contributed by atoms with Crippen LogP contribution in [0.15, 0.2) is 55.1 Å². The van der Waals surface area contributed by atoms with Gasteiger partial charge in [-0.15, -0.1) is 0 Å². The Morgan fingerprint density at radius 1 is 1.10 bits per heavy atom. The average Bonchev–Trinajstić information content (AvgIpc) is 2.53. The van der Waals surface area contributed by atoms with Crippen LogP contribution in [0.25, 0.3) is 6.08 Å². The first-order chi connectivity index (χ1) is 10.1. The summed E-state index contributed by atoms with van der Waals surface area (Å²) < 4.78 is 0. The molecule has 0 spiro atoms. The molecule has 2 aromatic rings. The molecule has 0 aromatic heterocycles. The molecule has 0 amide bonds. The summed E-state index contributed by atoms with van der Waals surface area (Å²) in [5, 5.41) is 0. The zero-order chi connectivity index (χ0) is 15.2. The van der Waals surface area contributed by atoms with Gasteiger partial charge in [0.25, 0.3) is 0 Å². The lowest BCUT2D eigenvalue weighted by atomic mass is 10.1. The van der Waals surface area contributed by atoms with E-state index in [9.17, 15) is 0 Å². The van der Waals surface area contributed by atoms with Gasteiger partial charge in [-0.1, -0.05) is 43.8 Å². The van der Waals surface area contributed by atoms with Crippen LogP contribution >= 0.6 is 0 Å². The molecule has 0 aliphatic carbocycles. The molecular formula is C19H24N2. The fourth-order valence-electron chi connectivity index (χ4n) is 2.34. The number of hydrogen-bond acceptors (Lipinski definition) is 2. The molecule has 0 aliphatic rings. The smallest absolute Gasteiger partial charge is 0.0432 e. The van der Waals surface area contributed by atoms with Crippen molar-refractivity contribution in [3.63, 3.8) is 0 Å². The number of anilines is 2. The summed E-state index contributed by atoms with van der Waals surface area (Å²) in [7, 11) is 0. The maximum Gasteiger partial charge on any atom is 0.0432 e. The molecule has 2 rings (SSSR count). The van der Waals surface area contributed by atoms with Crippen molar-refractivity contribution in [1.29, 1.82) is 0 Å². The predicted molar refractivity (Wildman–Crippen MR) is 93.3 cm³/mol. The van der Waals surface area contributed by atoms with Gasteiger partial charge in [-0.05, 0) is 48.7 Å². The normalized spacial score (nSPS) is 11.9. The van der Waals surface area contributed by atoms with E-state index in [-0.39, 0.29) is 0 Å². The molecule has 110 valence electrons. The lowest BCUT2D eigenvalue weighted by Crippen LogP contribution is -2.32. The quantitative estimate of drug-likeness (QED) is 0.776. The highest BCUT2D eigenvalue weighted by Gasteiger charge is 2.13. The van der Waals surface area contributed by atoms with Gasteiger partial charge >= 0.3 is 0 Å². The Balaban J connectivity index is 2.23. The molecule has 0 aliphatic heterocycles. The number of hydrogen-bond donors (Lipinski definition) is 1. The molecule has 1 atom stereocenters. The van der Waals surface area contributed by atoms with Crippen molar-refractivity contribution in [3.05, 3.63) is 66.2 Å². The van der Waals surface area contributed by atoms with Crippen LogP contribution in [0.1, 0.15) is 31.4 Å². The topological polar surface area (TPSA) is 29.3 Å². The second-order valence-corrected chi connectivity index (χ2v) is 5.42. The van der Waals surface area contributed by atoms with E-state index >= 15 is 0 Å². The number of nitrogens with two attached hydrogens (primary N) is 1. The van der Waals surface area contributed by atoms with Gasteiger partial charge in [0.15, 0.2) is 0 Å². The van der Waals surface area contributed by atoms with E-state index in [1.807, 2.05) is 18.2 Å². The summed E-state index contributed by atoms with van der Waals surface area (Å²) in [5.41, 5.74) is 10.3. The van der Waals surface area contributed by atoms with Gasteiger partial charge in [0.2, 0.25) is 0 Å². The Morgan fingerprint density at radius 2 is 1.71 bits per heavy atom. The summed E-state index contributed by atoms with van der Waals surface area (Å²) in [6, 6.07) is 17.2. The zero-order valence-electron chi connectivity index (χ0n) is 12.9. The van der Waals surface area contributed by atoms with Gasteiger partial charge in [0, 0.05) is 24.0 Å². The Hall–Kier alpha value is -2.22. The fourth-order valence-corrected chi connectivity index (χ4v) is 2.34. The lowest BCUT2D eigenvalue weighted by molar-refractivity contribution is 0.614. The number of benzene rings is 2. The maximum atomic E-state index is 5.79. The van der Waals surface area contributed by atoms with E-state index in [0.29, 0.717) is 6.04 Å². The van der Waals surface area contributed by atoms with E-state index in [2.05, 4.69) is 61.7 Å². The molecule has 21 heavy (non-hydrogen) atoms. The van der Waals surface area contributed by atoms with E-state index in [1.54, 1.807) is 0 Å². The summed E-state index contributed by atoms with van der Waals surface area (Å²) in [5.74, 6) is 0. The summed E-state index contributed by atoms with van der Waals surface area (Å²) in [6.45, 7) is 9.17. The van der Waals surface area contributed by atoms with Crippen molar-refractivity contribution in [2.45, 2.75) is 32.9 Å². The molecule has 1 unspecified atom stereocenters. The van der Waals surface area contributed by atoms with Crippen LogP contribution in [-0.2, 0) is 6.54 Å². The first kappa shape index (κ1) is 15.2. The minimum Gasteiger partial charge on any atom is -0.399 e. The lowest BCUT2D eigenvalue weighted by Gasteiger charge is -2.31. The predicted octanol–water partition coefficient (Wildman–Crippen LogP) is 4.72. The van der Waals surface area contributed by atoms with Gasteiger partial charge < -0.3 is 10.6 Å². The Kier molecular flexibility index (Phi) is 5.04. The summed E-state index contributed by atoms with van der Waals surface area (Å²) in [6.07, 6.45) is 2.98. The molecule has 0 fully saturated rings. The van der Waals surface area contributed by atoms with Crippen molar-refractivity contribution in [2.75, 3.05) is 10.6 Å². The van der Waals surface area contributed by atoms with Gasteiger partial charge in [-0.3, -0.25) is 0 Å². The van der Waals surface area contributed by atoms with Crippen LogP contribution in [0.4, 0.5) is 11.4 Å². The van der Waals surface area contributed by atoms with E-state index in [4.69, 9.17) is 5.73 Å². The second-order valence-electron chi connectivity index (χ2n) is 5.42. The van der Waals surface area contributed by atoms with Crippen LogP contribution < -0.4 is 10.6 Å². The molecule has 0 bridgehead atoms. The SMILES string of the molecule is C=Cc1ccc(CN(c2ccc(N)cc2)C(C)CC)cc1. The highest BCUT2D eigenvalue weighted by molar-refractivity contribution is 5.54. The first-order valence-corrected chi connectivity index (χ1v) is 7.47. The highest BCUT2D eigenvalue weighted by atomic mass is 15.2. The van der Waals surface area contributed by atoms with Crippen molar-refractivity contribution in [2.24, 2.45) is 0 Å². The first-order valence-electron chi connectivity index (χ1n) is 7.47. The molecule has 2 aromatic carbocycles. The summed E-state index contributed by atoms with van der Waals surface area (Å²) in [4.78, 5) is 2.42. The van der Waals surface area contributed by atoms with Crippen molar-refractivity contribution >= 4 is 17.5 Å². The highest BCUT2D eigenvalue weighted by Crippen LogP contribution is 2.23. The molecule has 0 saturated heterocycles. The van der Waals surface area contributed by atoms with Crippen LogP contribution in [-0.4, -0.2) is 6.04 Å². The Labute approximate surface area is 127 Å². The molecule has 2 N–H and O–H groups in total. The molecule has 0 heterocycles. The van der Waals surface area contributed by atoms with E-state index in [1.165, 1.54) is 11.3 Å². The summed E-state index contributed by atoms with van der Waals surface area (Å²) >= 11 is 0. The second kappa shape index (κ2) is 6.98. The zero-order valence-corrected chi connectivity index (χ0v) is 12.9. The third-order valence-electron chi connectivity index (χ3n) is 3.92. The average molecular weight is 280 g/mol. The molecule has 0 saturated carbocycles. The van der Waals surface area contributed by atoms with Crippen LogP contribution in [0.5, 0.6) is 0 Å². The van der Waals surface area contributed by atoms with Crippen molar-refractivity contribution < 1.29 is 0 Å². The van der Waals surface area contributed by atoms with Crippen LogP contribution in [0.3, 0.4) is 0 Å². The van der Waals surface area contributed by atoms with Crippen molar-refractivity contribution in [1.82, 2.24) is 0 Å². The largest absolute Gasteiger partial charge is 0.399 e. The van der Waals surface area contributed by atoms with Crippen molar-refractivity contribution in [3.8, 4) is 0 Å². The van der Waals surface area contributed by atoms with Crippen LogP contribution in [0.2, 0.25) is 0 Å². The van der Waals surface area contributed by atoms with Gasteiger partial charge in [-0.25, -0.2) is 0 Å². The molecule has 2 nitrogen and oxygen atoms in total. The third-order valence-corrected chi connectivity index (χ3v) is 3.92. The van der Waals surface area contributed by atoms with Crippen LogP contribution in [0, 0.1) is 0 Å². The number of nitrogens with zero attached hydrogens (tertiary/aromatic N) is 1. The molecular weight excluding hydrogens is 256 g/mol. The minimum atomic E-state index is 0.479. The Bertz CT molecular complexity index is 570. The fraction of sp³-hybridized carbons (Fsp3) is 0.263. The van der Waals surface area contributed by atoms with Gasteiger partial charge in [0.1, 0.15) is 0 Å². The third kappa shape index (κ3) is 3.88. The molecule has 0 radical (unpaired) electrons.